The number of hydrogen-bond acceptors (Lipinski definition) is 7. The van der Waals surface area contributed by atoms with Crippen molar-refractivity contribution in [2.24, 2.45) is 0 Å². The molecule has 9 nitrogen and oxygen atoms in total. The summed E-state index contributed by atoms with van der Waals surface area (Å²) in [6, 6.07) is 27.6. The van der Waals surface area contributed by atoms with Crippen LogP contribution in [-0.4, -0.2) is 46.0 Å². The van der Waals surface area contributed by atoms with Crippen molar-refractivity contribution in [1.82, 2.24) is 9.88 Å². The Labute approximate surface area is 300 Å². The highest BCUT2D eigenvalue weighted by Gasteiger charge is 2.42. The molecule has 2 fully saturated rings. The van der Waals surface area contributed by atoms with Gasteiger partial charge in [0.1, 0.15) is 36.2 Å². The number of anilines is 1. The molecular weight excluding hydrogens is 642 g/mol. The summed E-state index contributed by atoms with van der Waals surface area (Å²) in [7, 11) is 0. The van der Waals surface area contributed by atoms with Crippen LogP contribution in [0, 0.1) is 0 Å². The first-order chi connectivity index (χ1) is 24.6. The zero-order valence-corrected chi connectivity index (χ0v) is 29.8. The predicted octanol–water partition coefficient (Wildman–Crippen LogP) is 8.61. The van der Waals surface area contributed by atoms with Gasteiger partial charge in [-0.15, -0.1) is 0 Å². The molecule has 3 aromatic carbocycles. The smallest absolute Gasteiger partial charge is 0.410 e. The Morgan fingerprint density at radius 3 is 2.12 bits per heavy atom. The summed E-state index contributed by atoms with van der Waals surface area (Å²) < 4.78 is 17.6. The molecule has 0 radical (unpaired) electrons. The van der Waals surface area contributed by atoms with Crippen molar-refractivity contribution in [1.29, 1.82) is 0 Å². The zero-order chi connectivity index (χ0) is 35.8. The minimum atomic E-state index is -0.703. The van der Waals surface area contributed by atoms with Gasteiger partial charge in [0.15, 0.2) is 0 Å². The van der Waals surface area contributed by atoms with Crippen LogP contribution in [-0.2, 0) is 34.0 Å². The maximum absolute atomic E-state index is 14.4. The third-order valence-corrected chi connectivity index (χ3v) is 9.39. The average Bonchev–Trinajstić information content (AvgIpc) is 3.12. The number of carbonyl (C=O) groups excluding carboxylic acids is 3. The first-order valence-corrected chi connectivity index (χ1v) is 17.9. The Morgan fingerprint density at radius 2 is 1.51 bits per heavy atom. The lowest BCUT2D eigenvalue weighted by Crippen LogP contribution is -2.59. The molecule has 0 bridgehead atoms. The number of likely N-dealkylation sites (tertiary alicyclic amines) is 1. The summed E-state index contributed by atoms with van der Waals surface area (Å²) in [6.07, 6.45) is 7.99. The molecule has 9 heteroatoms. The Bertz CT molecular complexity index is 1780. The molecule has 266 valence electrons. The van der Waals surface area contributed by atoms with Crippen LogP contribution in [0.5, 0.6) is 5.75 Å². The van der Waals surface area contributed by atoms with Crippen LogP contribution in [0.3, 0.4) is 0 Å². The number of nitrogens with zero attached hydrogens (tertiary/aromatic N) is 3. The van der Waals surface area contributed by atoms with Crippen LogP contribution >= 0.6 is 0 Å². The Morgan fingerprint density at radius 1 is 0.824 bits per heavy atom. The van der Waals surface area contributed by atoms with Gasteiger partial charge in [0, 0.05) is 24.5 Å². The van der Waals surface area contributed by atoms with Crippen molar-refractivity contribution < 1.29 is 28.6 Å². The van der Waals surface area contributed by atoms with Gasteiger partial charge in [-0.3, -0.25) is 14.7 Å². The van der Waals surface area contributed by atoms with Gasteiger partial charge in [-0.2, -0.15) is 0 Å². The number of esters is 1. The number of carbonyl (C=O) groups is 3. The van der Waals surface area contributed by atoms with E-state index in [-0.39, 0.29) is 37.0 Å². The van der Waals surface area contributed by atoms with Crippen molar-refractivity contribution in [3.8, 4) is 5.75 Å². The third kappa shape index (κ3) is 9.34. The van der Waals surface area contributed by atoms with Gasteiger partial charge < -0.3 is 19.1 Å². The van der Waals surface area contributed by atoms with Gasteiger partial charge in [0.05, 0.1) is 12.2 Å². The lowest BCUT2D eigenvalue weighted by atomic mass is 9.85. The highest BCUT2D eigenvalue weighted by Crippen LogP contribution is 2.34. The van der Waals surface area contributed by atoms with E-state index < -0.39 is 23.7 Å². The normalized spacial score (nSPS) is 16.1. The first-order valence-electron chi connectivity index (χ1n) is 17.9. The van der Waals surface area contributed by atoms with E-state index in [0.29, 0.717) is 30.3 Å². The number of benzene rings is 3. The molecule has 4 aromatic rings. The topological polar surface area (TPSA) is 98.3 Å². The molecule has 0 spiro atoms. The van der Waals surface area contributed by atoms with Crippen molar-refractivity contribution in [2.45, 2.75) is 96.6 Å². The quantitative estimate of drug-likeness (QED) is 0.146. The van der Waals surface area contributed by atoms with Gasteiger partial charge in [-0.1, -0.05) is 86.0 Å². The van der Waals surface area contributed by atoms with E-state index in [9.17, 15) is 14.4 Å². The largest absolute Gasteiger partial charge is 0.488 e. The Hall–Kier alpha value is -5.18. The molecule has 1 saturated carbocycles. The van der Waals surface area contributed by atoms with E-state index in [2.05, 4.69) is 6.07 Å². The van der Waals surface area contributed by atoms with E-state index in [1.54, 1.807) is 43.9 Å². The average molecular weight is 690 g/mol. The summed E-state index contributed by atoms with van der Waals surface area (Å²) in [5, 5.41) is 0. The van der Waals surface area contributed by atoms with Gasteiger partial charge >= 0.3 is 12.1 Å². The predicted molar refractivity (Wildman–Crippen MR) is 195 cm³/mol. The number of hydrogen-bond donors (Lipinski definition) is 0. The summed E-state index contributed by atoms with van der Waals surface area (Å²) in [5.41, 5.74) is 3.78. The molecule has 2 aliphatic rings. The van der Waals surface area contributed by atoms with Crippen LogP contribution in [0.2, 0.25) is 0 Å². The number of rotatable bonds is 11. The second kappa shape index (κ2) is 16.2. The third-order valence-electron chi connectivity index (χ3n) is 9.39. The van der Waals surface area contributed by atoms with Crippen LogP contribution in [0.15, 0.2) is 97.2 Å². The van der Waals surface area contributed by atoms with Gasteiger partial charge in [0.25, 0.3) is 0 Å². The monoisotopic (exact) mass is 689 g/mol. The molecule has 1 saturated heterocycles. The Kier molecular flexibility index (Phi) is 11.3. The van der Waals surface area contributed by atoms with Gasteiger partial charge in [-0.25, -0.2) is 9.59 Å². The van der Waals surface area contributed by atoms with Crippen molar-refractivity contribution in [2.75, 3.05) is 11.4 Å². The molecule has 1 atom stereocenters. The van der Waals surface area contributed by atoms with Crippen molar-refractivity contribution in [3.63, 3.8) is 0 Å². The van der Waals surface area contributed by atoms with Crippen LogP contribution < -0.4 is 9.64 Å². The second-order valence-electron chi connectivity index (χ2n) is 14.3. The molecule has 6 rings (SSSR count). The summed E-state index contributed by atoms with van der Waals surface area (Å²) >= 11 is 0. The molecule has 0 N–H and O–H groups in total. The van der Waals surface area contributed by atoms with Crippen molar-refractivity contribution in [3.05, 3.63) is 125 Å². The van der Waals surface area contributed by atoms with E-state index >= 15 is 0 Å². The summed E-state index contributed by atoms with van der Waals surface area (Å²) in [5.74, 6) is -0.0144. The molecule has 1 aromatic heterocycles. The molecule has 51 heavy (non-hydrogen) atoms. The fraction of sp³-hybridized carbons (Fsp3) is 0.381. The van der Waals surface area contributed by atoms with E-state index in [1.807, 2.05) is 72.9 Å². The number of aromatic nitrogens is 1. The molecular formula is C42H47N3O6. The zero-order valence-electron chi connectivity index (χ0n) is 29.8. The SMILES string of the molecule is CC(C)(C)OC(=O)N1CC[C@@H]1C(=O)N(Cc1ccc(C2CCCCC2)cn1)c1ccc(C(=O)OCc2ccccc2)c(OCc2ccccc2)c1. The van der Waals surface area contributed by atoms with E-state index in [0.717, 1.165) is 11.1 Å². The minimum absolute atomic E-state index is 0.106. The molecule has 2 amide bonds. The number of ether oxygens (including phenoxy) is 3. The van der Waals surface area contributed by atoms with Crippen LogP contribution in [0.4, 0.5) is 10.5 Å². The minimum Gasteiger partial charge on any atom is -0.488 e. The second-order valence-corrected chi connectivity index (χ2v) is 14.3. The number of pyridine rings is 1. The molecule has 2 heterocycles. The van der Waals surface area contributed by atoms with E-state index in [4.69, 9.17) is 19.2 Å². The molecule has 1 aliphatic heterocycles. The maximum atomic E-state index is 14.4. The van der Waals surface area contributed by atoms with Crippen LogP contribution in [0.1, 0.15) is 98.0 Å². The fourth-order valence-electron chi connectivity index (χ4n) is 6.53. The van der Waals surface area contributed by atoms with Crippen LogP contribution in [0.25, 0.3) is 0 Å². The van der Waals surface area contributed by atoms with Crippen molar-refractivity contribution >= 4 is 23.7 Å². The maximum Gasteiger partial charge on any atom is 0.410 e. The number of amides is 2. The standard InChI is InChI=1S/C42H47N3O6/c1-42(2,3)51-41(48)44-24-23-37(44)39(46)45(27-34-20-19-33(26-43-34)32-17-11-6-12-18-32)35-21-22-36(40(47)50-29-31-15-9-5-10-16-31)38(25-35)49-28-30-13-7-4-8-14-30/h4-5,7-10,13-16,19-22,25-26,32,37H,6,11-12,17-18,23-24,27-29H2,1-3H3/t37-/m1/s1. The highest BCUT2D eigenvalue weighted by molar-refractivity contribution is 6.00. The Balaban J connectivity index is 1.30. The highest BCUT2D eigenvalue weighted by atomic mass is 16.6. The van der Waals surface area contributed by atoms with Gasteiger partial charge in [0.2, 0.25) is 5.91 Å². The summed E-state index contributed by atoms with van der Waals surface area (Å²) in [4.78, 5) is 48.8. The fourth-order valence-corrected chi connectivity index (χ4v) is 6.53. The molecule has 0 unspecified atom stereocenters. The molecule has 1 aliphatic carbocycles. The lowest BCUT2D eigenvalue weighted by Gasteiger charge is -2.42. The van der Waals surface area contributed by atoms with Gasteiger partial charge in [-0.05, 0) is 80.8 Å². The summed E-state index contributed by atoms with van der Waals surface area (Å²) in [6.45, 7) is 6.31. The van der Waals surface area contributed by atoms with E-state index in [1.165, 1.54) is 42.6 Å². The first kappa shape index (κ1) is 35.6. The lowest BCUT2D eigenvalue weighted by molar-refractivity contribution is -0.128.